The Balaban J connectivity index is 1.75. The number of hydrogen-bond donors (Lipinski definition) is 0. The lowest BCUT2D eigenvalue weighted by Gasteiger charge is -2.50. The van der Waals surface area contributed by atoms with Gasteiger partial charge < -0.3 is 4.99 Å². The summed E-state index contributed by atoms with van der Waals surface area (Å²) in [5.74, 6) is 1.96. The smallest absolute Gasteiger partial charge is 0.0273 e. The predicted molar refractivity (Wildman–Crippen MR) is 61.8 cm³/mol. The normalized spacial score (nSPS) is 43.0. The molecular weight excluding hydrogens is 170 g/mol. The monoisotopic (exact) mass is 193 g/mol. The summed E-state index contributed by atoms with van der Waals surface area (Å²) < 4.78 is 0. The Hall–Kier alpha value is -0.330. The van der Waals surface area contributed by atoms with Gasteiger partial charge in [0.25, 0.3) is 0 Å². The van der Waals surface area contributed by atoms with Crippen LogP contribution in [0.3, 0.4) is 0 Å². The average molecular weight is 193 g/mol. The summed E-state index contributed by atoms with van der Waals surface area (Å²) in [6.07, 6.45) is 12.3. The molecule has 2 fully saturated rings. The Kier molecular flexibility index (Phi) is 2.94. The van der Waals surface area contributed by atoms with Gasteiger partial charge in [-0.3, -0.25) is 0 Å². The molecule has 0 atom stereocenters. The van der Waals surface area contributed by atoms with Crippen LogP contribution in [0, 0.1) is 17.3 Å². The lowest BCUT2D eigenvalue weighted by Crippen LogP contribution is -2.39. The van der Waals surface area contributed by atoms with Gasteiger partial charge in [-0.2, -0.15) is 0 Å². The number of hydrogen-bond acceptors (Lipinski definition) is 1. The van der Waals surface area contributed by atoms with Crippen LogP contribution in [0.1, 0.15) is 51.9 Å². The van der Waals surface area contributed by atoms with Crippen molar-refractivity contribution in [3.05, 3.63) is 0 Å². The Bertz CT molecular complexity index is 203. The molecule has 2 aliphatic carbocycles. The molecule has 0 amide bonds. The van der Waals surface area contributed by atoms with E-state index < -0.39 is 0 Å². The maximum absolute atomic E-state index is 4.09. The van der Waals surface area contributed by atoms with Crippen LogP contribution in [0.15, 0.2) is 4.99 Å². The molecule has 1 heteroatoms. The fourth-order valence-electron chi connectivity index (χ4n) is 3.61. The number of aliphatic imine (C=N–C) groups is 1. The first-order valence-electron chi connectivity index (χ1n) is 6.15. The van der Waals surface area contributed by atoms with Gasteiger partial charge in [-0.15, -0.1) is 0 Å². The zero-order valence-electron chi connectivity index (χ0n) is 9.63. The molecule has 2 aliphatic rings. The van der Waals surface area contributed by atoms with Crippen molar-refractivity contribution in [1.29, 1.82) is 0 Å². The minimum atomic E-state index is 0.805. The van der Waals surface area contributed by atoms with Gasteiger partial charge in [-0.1, -0.05) is 6.92 Å². The second-order valence-corrected chi connectivity index (χ2v) is 5.63. The summed E-state index contributed by atoms with van der Waals surface area (Å²) in [7, 11) is 1.89. The van der Waals surface area contributed by atoms with E-state index >= 15 is 0 Å². The molecule has 0 aromatic rings. The highest BCUT2D eigenvalue weighted by Crippen LogP contribution is 2.55. The maximum Gasteiger partial charge on any atom is 0.0273 e. The van der Waals surface area contributed by atoms with Crippen LogP contribution in [-0.2, 0) is 0 Å². The molecule has 14 heavy (non-hydrogen) atoms. The quantitative estimate of drug-likeness (QED) is 0.593. The molecule has 0 heterocycles. The van der Waals surface area contributed by atoms with E-state index in [0.29, 0.717) is 0 Å². The third-order valence-electron chi connectivity index (χ3n) is 4.35. The molecule has 1 spiro atoms. The predicted octanol–water partition coefficient (Wildman–Crippen LogP) is 3.68. The van der Waals surface area contributed by atoms with Crippen molar-refractivity contribution in [3.8, 4) is 0 Å². The second kappa shape index (κ2) is 4.04. The third kappa shape index (κ3) is 2.02. The number of nitrogens with zero attached hydrogens (tertiary/aromatic N) is 1. The molecule has 2 rings (SSSR count). The number of rotatable bonds is 2. The van der Waals surface area contributed by atoms with Crippen molar-refractivity contribution in [2.45, 2.75) is 51.9 Å². The molecule has 0 aromatic carbocycles. The van der Waals surface area contributed by atoms with Crippen LogP contribution in [0.5, 0.6) is 0 Å². The van der Waals surface area contributed by atoms with Crippen molar-refractivity contribution < 1.29 is 0 Å². The summed E-state index contributed by atoms with van der Waals surface area (Å²) in [5, 5.41) is 0. The van der Waals surface area contributed by atoms with E-state index in [-0.39, 0.29) is 0 Å². The van der Waals surface area contributed by atoms with Crippen LogP contribution in [0.4, 0.5) is 0 Å². The van der Waals surface area contributed by atoms with Crippen molar-refractivity contribution in [2.75, 3.05) is 7.05 Å². The first-order valence-corrected chi connectivity index (χ1v) is 6.15. The third-order valence-corrected chi connectivity index (χ3v) is 4.35. The fourth-order valence-corrected chi connectivity index (χ4v) is 3.61. The first-order chi connectivity index (χ1) is 6.74. The van der Waals surface area contributed by atoms with E-state index in [4.69, 9.17) is 0 Å². The zero-order valence-corrected chi connectivity index (χ0v) is 9.63. The van der Waals surface area contributed by atoms with Crippen LogP contribution in [0.2, 0.25) is 0 Å². The molecule has 0 N–H and O–H groups in total. The van der Waals surface area contributed by atoms with Crippen molar-refractivity contribution in [1.82, 2.24) is 0 Å². The average Bonchev–Trinajstić information content (AvgIpc) is 2.15. The van der Waals surface area contributed by atoms with Crippen LogP contribution >= 0.6 is 0 Å². The van der Waals surface area contributed by atoms with Crippen molar-refractivity contribution in [2.24, 2.45) is 22.2 Å². The van der Waals surface area contributed by atoms with Crippen molar-refractivity contribution >= 4 is 6.21 Å². The molecule has 0 aliphatic heterocycles. The zero-order chi connectivity index (χ0) is 10.0. The van der Waals surface area contributed by atoms with Gasteiger partial charge in [0.15, 0.2) is 0 Å². The Morgan fingerprint density at radius 1 is 1.29 bits per heavy atom. The molecule has 0 radical (unpaired) electrons. The van der Waals surface area contributed by atoms with Gasteiger partial charge in [0, 0.05) is 7.05 Å². The largest absolute Gasteiger partial charge is 0.301 e. The minimum Gasteiger partial charge on any atom is -0.301 e. The van der Waals surface area contributed by atoms with E-state index in [1.165, 1.54) is 44.9 Å². The highest BCUT2D eigenvalue weighted by Gasteiger charge is 2.43. The van der Waals surface area contributed by atoms with E-state index in [9.17, 15) is 0 Å². The standard InChI is InChI=1S/C13H23N/c1-11-9-13(10-11)6-3-12(4-7-13)5-8-14-2/h8,11-12H,3-7,9-10H2,1-2H3. The molecule has 1 nitrogen and oxygen atoms in total. The van der Waals surface area contributed by atoms with Crippen molar-refractivity contribution in [3.63, 3.8) is 0 Å². The summed E-state index contributed by atoms with van der Waals surface area (Å²) in [6, 6.07) is 0. The van der Waals surface area contributed by atoms with E-state index in [2.05, 4.69) is 18.1 Å². The van der Waals surface area contributed by atoms with Gasteiger partial charge in [0.1, 0.15) is 0 Å². The van der Waals surface area contributed by atoms with Crippen LogP contribution in [-0.4, -0.2) is 13.3 Å². The topological polar surface area (TPSA) is 12.4 Å². The minimum absolute atomic E-state index is 0.805. The van der Waals surface area contributed by atoms with Gasteiger partial charge in [0.05, 0.1) is 0 Å². The molecular formula is C13H23N. The maximum atomic E-state index is 4.09. The van der Waals surface area contributed by atoms with E-state index in [1.807, 2.05) is 7.05 Å². The fraction of sp³-hybridized carbons (Fsp3) is 0.923. The molecule has 2 saturated carbocycles. The van der Waals surface area contributed by atoms with Gasteiger partial charge in [-0.05, 0) is 68.4 Å². The molecule has 0 bridgehead atoms. The lowest BCUT2D eigenvalue weighted by molar-refractivity contribution is 0.00980. The van der Waals surface area contributed by atoms with E-state index in [0.717, 1.165) is 17.3 Å². The Morgan fingerprint density at radius 3 is 2.43 bits per heavy atom. The van der Waals surface area contributed by atoms with Gasteiger partial charge >= 0.3 is 0 Å². The molecule has 0 aromatic heterocycles. The Morgan fingerprint density at radius 2 is 1.93 bits per heavy atom. The Labute approximate surface area is 88.0 Å². The summed E-state index contributed by atoms with van der Waals surface area (Å²) in [5.41, 5.74) is 0.805. The second-order valence-electron chi connectivity index (χ2n) is 5.63. The lowest BCUT2D eigenvalue weighted by atomic mass is 9.55. The van der Waals surface area contributed by atoms with Crippen LogP contribution in [0.25, 0.3) is 0 Å². The van der Waals surface area contributed by atoms with E-state index in [1.54, 1.807) is 0 Å². The summed E-state index contributed by atoms with van der Waals surface area (Å²) in [6.45, 7) is 2.40. The molecule has 80 valence electrons. The van der Waals surface area contributed by atoms with Gasteiger partial charge in [-0.25, -0.2) is 0 Å². The molecule has 0 unspecified atom stereocenters. The SMILES string of the molecule is CN=CCC1CCC2(CC1)CC(C)C2. The summed E-state index contributed by atoms with van der Waals surface area (Å²) >= 11 is 0. The first kappa shape index (κ1) is 10.2. The molecule has 0 saturated heterocycles. The highest BCUT2D eigenvalue weighted by molar-refractivity contribution is 5.57. The van der Waals surface area contributed by atoms with Crippen LogP contribution < -0.4 is 0 Å². The highest BCUT2D eigenvalue weighted by atomic mass is 14.6. The van der Waals surface area contributed by atoms with Gasteiger partial charge in [0.2, 0.25) is 0 Å². The summed E-state index contributed by atoms with van der Waals surface area (Å²) in [4.78, 5) is 4.09.